The lowest BCUT2D eigenvalue weighted by atomic mass is 10.2. The molecule has 0 unspecified atom stereocenters. The number of aromatic nitrogens is 1. The fraction of sp³-hybridized carbons (Fsp3) is 0.600. The molecule has 1 saturated heterocycles. The van der Waals surface area contributed by atoms with Crippen LogP contribution in [0.3, 0.4) is 0 Å². The Kier molecular flexibility index (Phi) is 3.87. The van der Waals surface area contributed by atoms with Crippen LogP contribution in [0.1, 0.15) is 11.3 Å². The third kappa shape index (κ3) is 2.58. The number of amides is 1. The van der Waals surface area contributed by atoms with E-state index in [1.54, 1.807) is 0 Å². The number of carbonyl (C=O) groups is 1. The number of anilines is 1. The number of piperazine rings is 1. The molecule has 5 nitrogen and oxygen atoms in total. The zero-order chi connectivity index (χ0) is 11.4. The van der Waals surface area contributed by atoms with Gasteiger partial charge in [-0.05, 0) is 18.5 Å². The average Bonchev–Trinajstić information content (AvgIpc) is 2.64. The second kappa shape index (κ2) is 5.38. The lowest BCUT2D eigenvalue weighted by molar-refractivity contribution is -0.105. The molecule has 0 radical (unpaired) electrons. The van der Waals surface area contributed by atoms with Gasteiger partial charge in [-0.2, -0.15) is 4.37 Å². The van der Waals surface area contributed by atoms with Crippen LogP contribution in [-0.4, -0.2) is 41.9 Å². The molecule has 0 aliphatic carbocycles. The van der Waals surface area contributed by atoms with Crippen LogP contribution in [0.15, 0.2) is 0 Å². The summed E-state index contributed by atoms with van der Waals surface area (Å²) in [6.07, 6.45) is 0.716. The van der Waals surface area contributed by atoms with Crippen molar-refractivity contribution >= 4 is 22.9 Å². The Balaban J connectivity index is 2.06. The Labute approximate surface area is 99.0 Å². The van der Waals surface area contributed by atoms with Crippen molar-refractivity contribution in [2.75, 3.05) is 31.5 Å². The maximum atomic E-state index is 10.5. The number of rotatable bonds is 4. The molecule has 2 N–H and O–H groups in total. The van der Waals surface area contributed by atoms with E-state index in [1.165, 1.54) is 11.5 Å². The predicted molar refractivity (Wildman–Crippen MR) is 64.7 cm³/mol. The molecule has 0 bridgehead atoms. The first-order valence-electron chi connectivity index (χ1n) is 5.39. The Hall–Kier alpha value is -0.980. The van der Waals surface area contributed by atoms with Crippen molar-refractivity contribution in [2.45, 2.75) is 13.5 Å². The third-order valence-electron chi connectivity index (χ3n) is 2.77. The topological polar surface area (TPSA) is 57.3 Å². The monoisotopic (exact) mass is 240 g/mol. The van der Waals surface area contributed by atoms with Crippen LogP contribution in [0.2, 0.25) is 0 Å². The van der Waals surface area contributed by atoms with E-state index in [9.17, 15) is 4.79 Å². The lowest BCUT2D eigenvalue weighted by Gasteiger charge is -2.27. The molecule has 1 fully saturated rings. The van der Waals surface area contributed by atoms with E-state index in [0.717, 1.165) is 49.0 Å². The summed E-state index contributed by atoms with van der Waals surface area (Å²) in [7, 11) is 0. The summed E-state index contributed by atoms with van der Waals surface area (Å²) in [6, 6.07) is 0. The normalized spacial score (nSPS) is 17.3. The molecule has 1 aromatic heterocycles. The van der Waals surface area contributed by atoms with Gasteiger partial charge in [0.2, 0.25) is 6.41 Å². The molecule has 2 heterocycles. The van der Waals surface area contributed by atoms with Gasteiger partial charge in [0.1, 0.15) is 5.00 Å². The Morgan fingerprint density at radius 3 is 3.00 bits per heavy atom. The highest BCUT2D eigenvalue weighted by Crippen LogP contribution is 2.25. The van der Waals surface area contributed by atoms with Gasteiger partial charge in [-0.3, -0.25) is 9.69 Å². The summed E-state index contributed by atoms with van der Waals surface area (Å²) in [5.74, 6) is 0. The minimum absolute atomic E-state index is 0.716. The van der Waals surface area contributed by atoms with Crippen molar-refractivity contribution in [3.8, 4) is 0 Å². The van der Waals surface area contributed by atoms with E-state index in [-0.39, 0.29) is 0 Å². The van der Waals surface area contributed by atoms with Crippen LogP contribution in [0.25, 0.3) is 0 Å². The standard InChI is InChI=1S/C10H16N4OS/c1-8-9(10(12-7-15)16-13-8)6-14-4-2-11-3-5-14/h7,11H,2-6H2,1H3,(H,12,15). The maximum Gasteiger partial charge on any atom is 0.212 e. The highest BCUT2D eigenvalue weighted by Gasteiger charge is 2.16. The number of nitrogens with zero attached hydrogens (tertiary/aromatic N) is 2. The Morgan fingerprint density at radius 1 is 1.56 bits per heavy atom. The largest absolute Gasteiger partial charge is 0.319 e. The zero-order valence-electron chi connectivity index (χ0n) is 9.32. The minimum Gasteiger partial charge on any atom is -0.319 e. The van der Waals surface area contributed by atoms with E-state index >= 15 is 0 Å². The van der Waals surface area contributed by atoms with Gasteiger partial charge in [-0.1, -0.05) is 0 Å². The maximum absolute atomic E-state index is 10.5. The molecule has 0 aromatic carbocycles. The quantitative estimate of drug-likeness (QED) is 0.749. The van der Waals surface area contributed by atoms with Crippen molar-refractivity contribution in [3.63, 3.8) is 0 Å². The van der Waals surface area contributed by atoms with Crippen LogP contribution in [0.5, 0.6) is 0 Å². The second-order valence-electron chi connectivity index (χ2n) is 3.86. The highest BCUT2D eigenvalue weighted by molar-refractivity contribution is 7.10. The van der Waals surface area contributed by atoms with Gasteiger partial charge in [-0.25, -0.2) is 0 Å². The molecule has 6 heteroatoms. The van der Waals surface area contributed by atoms with Crippen molar-refractivity contribution in [3.05, 3.63) is 11.3 Å². The molecule has 88 valence electrons. The summed E-state index contributed by atoms with van der Waals surface area (Å²) in [5.41, 5.74) is 2.17. The summed E-state index contributed by atoms with van der Waals surface area (Å²) >= 11 is 1.35. The van der Waals surface area contributed by atoms with E-state index in [4.69, 9.17) is 0 Å². The molecule has 0 spiro atoms. The fourth-order valence-corrected chi connectivity index (χ4v) is 2.60. The number of hydrogen-bond donors (Lipinski definition) is 2. The fourth-order valence-electron chi connectivity index (χ4n) is 1.83. The molecule has 0 saturated carbocycles. The first-order chi connectivity index (χ1) is 7.81. The molecular weight excluding hydrogens is 224 g/mol. The molecule has 1 amide bonds. The molecule has 2 rings (SSSR count). The summed E-state index contributed by atoms with van der Waals surface area (Å²) in [5, 5.41) is 6.92. The number of aryl methyl sites for hydroxylation is 1. The van der Waals surface area contributed by atoms with Gasteiger partial charge in [0, 0.05) is 38.3 Å². The van der Waals surface area contributed by atoms with Crippen molar-refractivity contribution in [1.29, 1.82) is 0 Å². The van der Waals surface area contributed by atoms with Gasteiger partial charge >= 0.3 is 0 Å². The molecule has 16 heavy (non-hydrogen) atoms. The number of nitrogens with one attached hydrogen (secondary N) is 2. The molecular formula is C10H16N4OS. The molecule has 1 aromatic rings. The van der Waals surface area contributed by atoms with Crippen LogP contribution >= 0.6 is 11.5 Å². The summed E-state index contributed by atoms with van der Waals surface area (Å²) in [6.45, 7) is 7.04. The van der Waals surface area contributed by atoms with Gasteiger partial charge in [0.05, 0.1) is 5.69 Å². The number of carbonyl (C=O) groups excluding carboxylic acids is 1. The van der Waals surface area contributed by atoms with Gasteiger partial charge in [0.15, 0.2) is 0 Å². The van der Waals surface area contributed by atoms with Gasteiger partial charge in [0.25, 0.3) is 0 Å². The average molecular weight is 240 g/mol. The second-order valence-corrected chi connectivity index (χ2v) is 4.64. The smallest absolute Gasteiger partial charge is 0.212 e. The SMILES string of the molecule is Cc1nsc(NC=O)c1CN1CCNCC1. The Morgan fingerprint density at radius 2 is 2.31 bits per heavy atom. The summed E-state index contributed by atoms with van der Waals surface area (Å²) in [4.78, 5) is 12.9. The highest BCUT2D eigenvalue weighted by atomic mass is 32.1. The van der Waals surface area contributed by atoms with Gasteiger partial charge < -0.3 is 10.6 Å². The van der Waals surface area contributed by atoms with Crippen LogP contribution < -0.4 is 10.6 Å². The van der Waals surface area contributed by atoms with Crippen molar-refractivity contribution in [2.24, 2.45) is 0 Å². The molecule has 1 aliphatic heterocycles. The van der Waals surface area contributed by atoms with Crippen molar-refractivity contribution in [1.82, 2.24) is 14.6 Å². The van der Waals surface area contributed by atoms with E-state index < -0.39 is 0 Å². The first kappa shape index (κ1) is 11.5. The Bertz CT molecular complexity index is 360. The van der Waals surface area contributed by atoms with E-state index in [1.807, 2.05) is 6.92 Å². The van der Waals surface area contributed by atoms with Crippen LogP contribution in [0, 0.1) is 6.92 Å². The zero-order valence-corrected chi connectivity index (χ0v) is 10.1. The third-order valence-corrected chi connectivity index (χ3v) is 3.68. The van der Waals surface area contributed by atoms with Crippen molar-refractivity contribution < 1.29 is 4.79 Å². The van der Waals surface area contributed by atoms with Crippen LogP contribution in [0.4, 0.5) is 5.00 Å². The minimum atomic E-state index is 0.716. The first-order valence-corrected chi connectivity index (χ1v) is 6.17. The van der Waals surface area contributed by atoms with E-state index in [0.29, 0.717) is 6.41 Å². The number of hydrogen-bond acceptors (Lipinski definition) is 5. The van der Waals surface area contributed by atoms with Crippen LogP contribution in [-0.2, 0) is 11.3 Å². The van der Waals surface area contributed by atoms with E-state index in [2.05, 4.69) is 19.9 Å². The lowest BCUT2D eigenvalue weighted by Crippen LogP contribution is -2.43. The predicted octanol–water partition coefficient (Wildman–Crippen LogP) is 0.425. The summed E-state index contributed by atoms with van der Waals surface area (Å²) < 4.78 is 4.28. The van der Waals surface area contributed by atoms with Gasteiger partial charge in [-0.15, -0.1) is 0 Å². The molecule has 1 aliphatic rings. The molecule has 0 atom stereocenters.